The molecule has 0 bridgehead atoms. The normalized spacial score (nSPS) is 28.2. The highest BCUT2D eigenvalue weighted by Gasteiger charge is 2.38. The molecular formula is C13H19N5. The largest absolute Gasteiger partial charge is 0.370 e. The Kier molecular flexibility index (Phi) is 2.72. The molecule has 0 aliphatic carbocycles. The van der Waals surface area contributed by atoms with Gasteiger partial charge in [-0.3, -0.25) is 4.90 Å². The highest BCUT2D eigenvalue weighted by atomic mass is 15.4. The average Bonchev–Trinajstić information content (AvgIpc) is 2.39. The molecule has 0 saturated carbocycles. The zero-order chi connectivity index (χ0) is 12.6. The minimum absolute atomic E-state index is 0.353. The summed E-state index contributed by atoms with van der Waals surface area (Å²) >= 11 is 0. The number of nitrogens with zero attached hydrogens (tertiary/aromatic N) is 2. The van der Waals surface area contributed by atoms with E-state index in [1.165, 1.54) is 5.56 Å². The number of rotatable bonds is 1. The SMILES string of the molecule is CC1(N2CCNCC2)N=C(N)Nc2ccccc21. The first-order valence-electron chi connectivity index (χ1n) is 6.38. The van der Waals surface area contributed by atoms with Crippen LogP contribution in [0, 0.1) is 0 Å². The molecule has 1 fully saturated rings. The van der Waals surface area contributed by atoms with Crippen molar-refractivity contribution in [2.75, 3.05) is 31.5 Å². The lowest BCUT2D eigenvalue weighted by atomic mass is 9.96. The fourth-order valence-electron chi connectivity index (χ4n) is 2.81. The van der Waals surface area contributed by atoms with Crippen LogP contribution in [0.2, 0.25) is 0 Å². The number of benzene rings is 1. The van der Waals surface area contributed by atoms with Crippen molar-refractivity contribution in [3.8, 4) is 0 Å². The highest BCUT2D eigenvalue weighted by Crippen LogP contribution is 2.37. The molecule has 96 valence electrons. The van der Waals surface area contributed by atoms with Gasteiger partial charge in [0.25, 0.3) is 0 Å². The van der Waals surface area contributed by atoms with Crippen molar-refractivity contribution in [3.63, 3.8) is 0 Å². The van der Waals surface area contributed by atoms with E-state index in [1.807, 2.05) is 6.07 Å². The smallest absolute Gasteiger partial charge is 0.195 e. The summed E-state index contributed by atoms with van der Waals surface area (Å²) in [6.07, 6.45) is 0. The number of hydrogen-bond donors (Lipinski definition) is 3. The first kappa shape index (κ1) is 11.5. The molecule has 0 amide bonds. The number of piperazine rings is 1. The molecule has 0 aromatic heterocycles. The summed E-state index contributed by atoms with van der Waals surface area (Å²) in [5.41, 5.74) is 7.83. The van der Waals surface area contributed by atoms with E-state index >= 15 is 0 Å². The van der Waals surface area contributed by atoms with E-state index in [1.54, 1.807) is 0 Å². The van der Waals surface area contributed by atoms with Crippen LogP contribution in [0.15, 0.2) is 29.3 Å². The van der Waals surface area contributed by atoms with Gasteiger partial charge in [-0.2, -0.15) is 0 Å². The molecule has 1 atom stereocenters. The number of nitrogens with two attached hydrogens (primary N) is 1. The Morgan fingerprint density at radius 3 is 2.78 bits per heavy atom. The standard InChI is InChI=1S/C13H19N5/c1-13(18-8-6-15-7-9-18)10-4-2-3-5-11(10)16-12(14)17-13/h2-5,15H,6-9H2,1H3,(H3,14,16,17). The quantitative estimate of drug-likeness (QED) is 0.674. The van der Waals surface area contributed by atoms with Gasteiger partial charge in [0.2, 0.25) is 0 Å². The van der Waals surface area contributed by atoms with Gasteiger partial charge in [-0.15, -0.1) is 0 Å². The van der Waals surface area contributed by atoms with Crippen molar-refractivity contribution >= 4 is 11.6 Å². The maximum Gasteiger partial charge on any atom is 0.195 e. The van der Waals surface area contributed by atoms with E-state index in [0.717, 1.165) is 31.9 Å². The van der Waals surface area contributed by atoms with Crippen LogP contribution in [0.5, 0.6) is 0 Å². The molecule has 1 aromatic rings. The third-order valence-corrected chi connectivity index (χ3v) is 3.77. The number of fused-ring (bicyclic) bond motifs is 1. The van der Waals surface area contributed by atoms with Crippen LogP contribution in [0.25, 0.3) is 0 Å². The minimum atomic E-state index is -0.353. The summed E-state index contributed by atoms with van der Waals surface area (Å²) < 4.78 is 0. The predicted molar refractivity (Wildman–Crippen MR) is 73.5 cm³/mol. The van der Waals surface area contributed by atoms with Gasteiger partial charge in [0.05, 0.1) is 0 Å². The van der Waals surface area contributed by atoms with Gasteiger partial charge in [-0.1, -0.05) is 18.2 Å². The van der Waals surface area contributed by atoms with Gasteiger partial charge < -0.3 is 16.4 Å². The van der Waals surface area contributed by atoms with Crippen LogP contribution >= 0.6 is 0 Å². The number of anilines is 1. The molecule has 0 spiro atoms. The van der Waals surface area contributed by atoms with Crippen molar-refractivity contribution in [3.05, 3.63) is 29.8 Å². The molecule has 2 aliphatic heterocycles. The molecule has 4 N–H and O–H groups in total. The zero-order valence-corrected chi connectivity index (χ0v) is 10.6. The molecule has 0 radical (unpaired) electrons. The third kappa shape index (κ3) is 1.76. The van der Waals surface area contributed by atoms with Crippen LogP contribution in [0.1, 0.15) is 12.5 Å². The van der Waals surface area contributed by atoms with E-state index in [-0.39, 0.29) is 5.66 Å². The monoisotopic (exact) mass is 245 g/mol. The van der Waals surface area contributed by atoms with Crippen LogP contribution in [-0.4, -0.2) is 37.0 Å². The lowest BCUT2D eigenvalue weighted by Gasteiger charge is -2.43. The highest BCUT2D eigenvalue weighted by molar-refractivity contribution is 5.95. The lowest BCUT2D eigenvalue weighted by Crippen LogP contribution is -2.54. The fraction of sp³-hybridized carbons (Fsp3) is 0.462. The van der Waals surface area contributed by atoms with Gasteiger partial charge in [-0.25, -0.2) is 4.99 Å². The number of hydrogen-bond acceptors (Lipinski definition) is 5. The summed E-state index contributed by atoms with van der Waals surface area (Å²) in [5, 5.41) is 6.51. The van der Waals surface area contributed by atoms with Crippen molar-refractivity contribution in [2.45, 2.75) is 12.6 Å². The summed E-state index contributed by atoms with van der Waals surface area (Å²) in [6, 6.07) is 8.25. The predicted octanol–water partition coefficient (Wildman–Crippen LogP) is 0.505. The maximum absolute atomic E-state index is 5.93. The summed E-state index contributed by atoms with van der Waals surface area (Å²) in [5.74, 6) is 0.495. The zero-order valence-electron chi connectivity index (χ0n) is 10.6. The Morgan fingerprint density at radius 1 is 1.28 bits per heavy atom. The minimum Gasteiger partial charge on any atom is -0.370 e. The Hall–Kier alpha value is -1.59. The van der Waals surface area contributed by atoms with Crippen LogP contribution in [-0.2, 0) is 5.66 Å². The molecule has 1 aromatic carbocycles. The summed E-state index contributed by atoms with van der Waals surface area (Å²) in [4.78, 5) is 7.05. The topological polar surface area (TPSA) is 65.7 Å². The van der Waals surface area contributed by atoms with Gasteiger partial charge in [-0.05, 0) is 13.0 Å². The van der Waals surface area contributed by atoms with E-state index in [2.05, 4.69) is 45.6 Å². The Labute approximate surface area is 107 Å². The second-order valence-corrected chi connectivity index (χ2v) is 4.93. The summed E-state index contributed by atoms with van der Waals surface area (Å²) in [6.45, 7) is 6.12. The Balaban J connectivity index is 2.04. The van der Waals surface area contributed by atoms with Crippen molar-refractivity contribution in [2.24, 2.45) is 10.7 Å². The molecule has 5 nitrogen and oxygen atoms in total. The van der Waals surface area contributed by atoms with Gasteiger partial charge in [0.1, 0.15) is 5.66 Å². The molecule has 1 saturated heterocycles. The molecule has 5 heteroatoms. The Morgan fingerprint density at radius 2 is 2.00 bits per heavy atom. The van der Waals surface area contributed by atoms with Crippen molar-refractivity contribution in [1.82, 2.24) is 10.2 Å². The van der Waals surface area contributed by atoms with E-state index in [4.69, 9.17) is 5.73 Å². The fourth-order valence-corrected chi connectivity index (χ4v) is 2.81. The number of nitrogens with one attached hydrogen (secondary N) is 2. The second kappa shape index (κ2) is 4.26. The number of para-hydroxylation sites is 1. The second-order valence-electron chi connectivity index (χ2n) is 4.93. The van der Waals surface area contributed by atoms with Crippen LogP contribution < -0.4 is 16.4 Å². The van der Waals surface area contributed by atoms with Crippen LogP contribution in [0.4, 0.5) is 5.69 Å². The number of aliphatic imine (C=N–C) groups is 1. The molecule has 18 heavy (non-hydrogen) atoms. The molecular weight excluding hydrogens is 226 g/mol. The van der Waals surface area contributed by atoms with Gasteiger partial charge >= 0.3 is 0 Å². The van der Waals surface area contributed by atoms with Crippen LogP contribution in [0.3, 0.4) is 0 Å². The van der Waals surface area contributed by atoms with Crippen molar-refractivity contribution in [1.29, 1.82) is 0 Å². The summed E-state index contributed by atoms with van der Waals surface area (Å²) in [7, 11) is 0. The van der Waals surface area contributed by atoms with E-state index in [0.29, 0.717) is 5.96 Å². The first-order chi connectivity index (χ1) is 8.70. The van der Waals surface area contributed by atoms with Crippen molar-refractivity contribution < 1.29 is 0 Å². The molecule has 2 heterocycles. The number of guanidine groups is 1. The van der Waals surface area contributed by atoms with Gasteiger partial charge in [0.15, 0.2) is 5.96 Å². The third-order valence-electron chi connectivity index (χ3n) is 3.77. The van der Waals surface area contributed by atoms with E-state index in [9.17, 15) is 0 Å². The van der Waals surface area contributed by atoms with E-state index < -0.39 is 0 Å². The maximum atomic E-state index is 5.93. The average molecular weight is 245 g/mol. The van der Waals surface area contributed by atoms with Gasteiger partial charge in [0, 0.05) is 37.4 Å². The lowest BCUT2D eigenvalue weighted by molar-refractivity contribution is 0.0936. The molecule has 1 unspecified atom stereocenters. The first-order valence-corrected chi connectivity index (χ1v) is 6.38. The Bertz CT molecular complexity index is 478. The molecule has 3 rings (SSSR count). The molecule has 2 aliphatic rings.